The average molecular weight is 390 g/mol. The Labute approximate surface area is 162 Å². The molecular formula is C21H21ClFNO3. The second-order valence-corrected chi connectivity index (χ2v) is 6.95. The molecule has 2 aromatic carbocycles. The van der Waals surface area contributed by atoms with Gasteiger partial charge >= 0.3 is 0 Å². The summed E-state index contributed by atoms with van der Waals surface area (Å²) in [5.41, 5.74) is 1.65. The van der Waals surface area contributed by atoms with Crippen molar-refractivity contribution in [3.63, 3.8) is 0 Å². The van der Waals surface area contributed by atoms with Gasteiger partial charge in [0, 0.05) is 23.6 Å². The number of rotatable bonds is 6. The van der Waals surface area contributed by atoms with Crippen LogP contribution in [0.4, 0.5) is 10.1 Å². The SMILES string of the molecule is CC(=O)c1ccc(OCCCC(=O)N2CCCc3c(Cl)ccc(F)c32)cc1. The number of ether oxygens (including phenoxy) is 1. The summed E-state index contributed by atoms with van der Waals surface area (Å²) < 4.78 is 19.9. The summed E-state index contributed by atoms with van der Waals surface area (Å²) in [6.45, 7) is 2.37. The van der Waals surface area contributed by atoms with Gasteiger partial charge in [-0.15, -0.1) is 0 Å². The minimum absolute atomic E-state index is 0.00120. The fourth-order valence-electron chi connectivity index (χ4n) is 3.22. The van der Waals surface area contributed by atoms with Crippen LogP contribution < -0.4 is 9.64 Å². The lowest BCUT2D eigenvalue weighted by Gasteiger charge is -2.30. The Morgan fingerprint density at radius 1 is 1.19 bits per heavy atom. The maximum Gasteiger partial charge on any atom is 0.227 e. The average Bonchev–Trinajstić information content (AvgIpc) is 2.68. The molecule has 6 heteroatoms. The maximum absolute atomic E-state index is 14.3. The topological polar surface area (TPSA) is 46.6 Å². The molecule has 0 saturated heterocycles. The van der Waals surface area contributed by atoms with Gasteiger partial charge in [-0.1, -0.05) is 11.6 Å². The zero-order valence-electron chi connectivity index (χ0n) is 15.1. The molecule has 27 heavy (non-hydrogen) atoms. The van der Waals surface area contributed by atoms with Crippen molar-refractivity contribution in [1.29, 1.82) is 0 Å². The highest BCUT2D eigenvalue weighted by molar-refractivity contribution is 6.32. The van der Waals surface area contributed by atoms with E-state index in [2.05, 4.69) is 0 Å². The Morgan fingerprint density at radius 3 is 2.63 bits per heavy atom. The van der Waals surface area contributed by atoms with E-state index in [0.29, 0.717) is 53.6 Å². The smallest absolute Gasteiger partial charge is 0.227 e. The van der Waals surface area contributed by atoms with Crippen LogP contribution in [-0.4, -0.2) is 24.8 Å². The van der Waals surface area contributed by atoms with Crippen molar-refractivity contribution in [3.05, 3.63) is 58.4 Å². The molecule has 0 radical (unpaired) electrons. The minimum atomic E-state index is -0.413. The zero-order chi connectivity index (χ0) is 19.4. The van der Waals surface area contributed by atoms with E-state index < -0.39 is 5.82 Å². The maximum atomic E-state index is 14.3. The van der Waals surface area contributed by atoms with Gasteiger partial charge in [0.05, 0.1) is 12.3 Å². The third-order valence-corrected chi connectivity index (χ3v) is 4.97. The van der Waals surface area contributed by atoms with Crippen LogP contribution in [0.2, 0.25) is 5.02 Å². The fraction of sp³-hybridized carbons (Fsp3) is 0.333. The fourth-order valence-corrected chi connectivity index (χ4v) is 3.47. The van der Waals surface area contributed by atoms with Crippen molar-refractivity contribution in [2.75, 3.05) is 18.1 Å². The number of halogens is 2. The predicted octanol–water partition coefficient (Wildman–Crippen LogP) is 4.82. The first kappa shape index (κ1) is 19.4. The van der Waals surface area contributed by atoms with E-state index in [4.69, 9.17) is 16.3 Å². The first-order valence-corrected chi connectivity index (χ1v) is 9.36. The minimum Gasteiger partial charge on any atom is -0.494 e. The number of Topliss-reactive ketones (excluding diaryl/α,β-unsaturated/α-hetero) is 1. The van der Waals surface area contributed by atoms with Crippen molar-refractivity contribution in [1.82, 2.24) is 0 Å². The van der Waals surface area contributed by atoms with E-state index in [0.717, 1.165) is 6.42 Å². The van der Waals surface area contributed by atoms with E-state index in [1.807, 2.05) is 0 Å². The molecule has 0 bridgehead atoms. The monoisotopic (exact) mass is 389 g/mol. The Balaban J connectivity index is 1.55. The second-order valence-electron chi connectivity index (χ2n) is 6.54. The zero-order valence-corrected chi connectivity index (χ0v) is 15.9. The largest absolute Gasteiger partial charge is 0.494 e. The molecule has 0 aromatic heterocycles. The van der Waals surface area contributed by atoms with Gasteiger partial charge in [0.15, 0.2) is 5.78 Å². The molecule has 1 heterocycles. The molecule has 0 atom stereocenters. The first-order valence-electron chi connectivity index (χ1n) is 8.98. The Bertz CT molecular complexity index is 851. The van der Waals surface area contributed by atoms with Gasteiger partial charge in [0.1, 0.15) is 11.6 Å². The molecule has 0 unspecified atom stereocenters. The first-order chi connectivity index (χ1) is 13.0. The van der Waals surface area contributed by atoms with Gasteiger partial charge in [0.2, 0.25) is 5.91 Å². The summed E-state index contributed by atoms with van der Waals surface area (Å²) in [6.07, 6.45) is 2.22. The molecule has 3 rings (SSSR count). The number of fused-ring (bicyclic) bond motifs is 1. The molecular weight excluding hydrogens is 369 g/mol. The van der Waals surface area contributed by atoms with Crippen LogP contribution in [0.1, 0.15) is 42.1 Å². The van der Waals surface area contributed by atoms with E-state index in [1.165, 1.54) is 24.0 Å². The summed E-state index contributed by atoms with van der Waals surface area (Å²) in [5.74, 6) is 0.104. The lowest BCUT2D eigenvalue weighted by atomic mass is 10.0. The third-order valence-electron chi connectivity index (χ3n) is 4.62. The summed E-state index contributed by atoms with van der Waals surface area (Å²) in [5, 5.41) is 0.501. The molecule has 1 amide bonds. The number of ketones is 1. The molecule has 1 aliphatic rings. The summed E-state index contributed by atoms with van der Waals surface area (Å²) >= 11 is 6.16. The van der Waals surface area contributed by atoms with Crippen molar-refractivity contribution >= 4 is 29.0 Å². The second kappa shape index (κ2) is 8.53. The summed E-state index contributed by atoms with van der Waals surface area (Å²) in [6, 6.07) is 9.73. The molecule has 0 N–H and O–H groups in total. The number of carbonyl (C=O) groups is 2. The molecule has 0 aliphatic carbocycles. The number of carbonyl (C=O) groups excluding carboxylic acids is 2. The van der Waals surface area contributed by atoms with Gasteiger partial charge in [-0.2, -0.15) is 0 Å². The van der Waals surface area contributed by atoms with Crippen molar-refractivity contribution in [3.8, 4) is 5.75 Å². The highest BCUT2D eigenvalue weighted by atomic mass is 35.5. The highest BCUT2D eigenvalue weighted by Crippen LogP contribution is 2.35. The van der Waals surface area contributed by atoms with E-state index in [-0.39, 0.29) is 18.1 Å². The van der Waals surface area contributed by atoms with Crippen molar-refractivity contribution in [2.45, 2.75) is 32.6 Å². The summed E-state index contributed by atoms with van der Waals surface area (Å²) in [7, 11) is 0. The van der Waals surface area contributed by atoms with Gasteiger partial charge in [-0.05, 0) is 68.1 Å². The van der Waals surface area contributed by atoms with Gasteiger partial charge in [-0.25, -0.2) is 4.39 Å². The molecule has 1 aliphatic heterocycles. The Hall–Kier alpha value is -2.40. The van der Waals surface area contributed by atoms with Crippen molar-refractivity contribution < 1.29 is 18.7 Å². The molecule has 0 saturated carbocycles. The van der Waals surface area contributed by atoms with Crippen LogP contribution in [-0.2, 0) is 11.2 Å². The quantitative estimate of drug-likeness (QED) is 0.525. The van der Waals surface area contributed by atoms with Gasteiger partial charge in [0.25, 0.3) is 0 Å². The summed E-state index contributed by atoms with van der Waals surface area (Å²) in [4.78, 5) is 25.3. The van der Waals surface area contributed by atoms with Crippen LogP contribution in [0.25, 0.3) is 0 Å². The number of nitrogens with zero attached hydrogens (tertiary/aromatic N) is 1. The van der Waals surface area contributed by atoms with Crippen LogP contribution in [0.5, 0.6) is 5.75 Å². The number of hydrogen-bond donors (Lipinski definition) is 0. The van der Waals surface area contributed by atoms with E-state index in [9.17, 15) is 14.0 Å². The number of amides is 1. The van der Waals surface area contributed by atoms with Crippen LogP contribution >= 0.6 is 11.6 Å². The standard InChI is InChI=1S/C21H21ClFNO3/c1-14(25)15-6-8-16(9-7-15)27-13-3-5-20(26)24-12-2-4-17-18(22)10-11-19(23)21(17)24/h6-11H,2-5,12-13H2,1H3. The van der Waals surface area contributed by atoms with Gasteiger partial charge < -0.3 is 9.64 Å². The molecule has 2 aromatic rings. The van der Waals surface area contributed by atoms with Gasteiger partial charge in [-0.3, -0.25) is 9.59 Å². The molecule has 4 nitrogen and oxygen atoms in total. The van der Waals surface area contributed by atoms with Crippen LogP contribution in [0.3, 0.4) is 0 Å². The van der Waals surface area contributed by atoms with Crippen LogP contribution in [0, 0.1) is 5.82 Å². The van der Waals surface area contributed by atoms with E-state index in [1.54, 1.807) is 24.3 Å². The van der Waals surface area contributed by atoms with E-state index >= 15 is 0 Å². The molecule has 0 spiro atoms. The van der Waals surface area contributed by atoms with Crippen LogP contribution in [0.15, 0.2) is 36.4 Å². The third kappa shape index (κ3) is 4.48. The number of hydrogen-bond acceptors (Lipinski definition) is 3. The number of anilines is 1. The predicted molar refractivity (Wildman–Crippen MR) is 103 cm³/mol. The van der Waals surface area contributed by atoms with Crippen molar-refractivity contribution in [2.24, 2.45) is 0 Å². The molecule has 142 valence electrons. The molecule has 0 fully saturated rings. The highest BCUT2D eigenvalue weighted by Gasteiger charge is 2.27. The number of benzene rings is 2. The lowest BCUT2D eigenvalue weighted by molar-refractivity contribution is -0.119. The normalized spacial score (nSPS) is 13.2. The Kier molecular flexibility index (Phi) is 6.11. The lowest BCUT2D eigenvalue weighted by Crippen LogP contribution is -2.36. The Morgan fingerprint density at radius 2 is 1.93 bits per heavy atom.